The summed E-state index contributed by atoms with van der Waals surface area (Å²) in [4.78, 5) is 0. The predicted molar refractivity (Wildman–Crippen MR) is 45.1 cm³/mol. The molecule has 1 heteroatoms. The van der Waals surface area contributed by atoms with Crippen LogP contribution in [0.25, 0.3) is 0 Å². The van der Waals surface area contributed by atoms with E-state index in [4.69, 9.17) is 4.74 Å². The quantitative estimate of drug-likeness (QED) is 0.539. The minimum atomic E-state index is 0.792. The van der Waals surface area contributed by atoms with Gasteiger partial charge >= 0.3 is 0 Å². The molecule has 0 aromatic rings. The fourth-order valence-corrected chi connectivity index (χ4v) is 0.747. The molecule has 0 bridgehead atoms. The molecule has 10 heavy (non-hydrogen) atoms. The van der Waals surface area contributed by atoms with E-state index < -0.39 is 0 Å². The second-order valence-corrected chi connectivity index (χ2v) is 3.21. The Kier molecular flexibility index (Phi) is 5.70. The van der Waals surface area contributed by atoms with E-state index >= 15 is 0 Å². The third-order valence-corrected chi connectivity index (χ3v) is 2.06. The molecule has 0 aromatic heterocycles. The van der Waals surface area contributed by atoms with Crippen molar-refractivity contribution in [2.24, 2.45) is 11.8 Å². The van der Waals surface area contributed by atoms with Crippen molar-refractivity contribution in [2.75, 3.05) is 13.2 Å². The molecule has 0 heterocycles. The fourth-order valence-electron chi connectivity index (χ4n) is 0.747. The average Bonchev–Trinajstić information content (AvgIpc) is 1.88. The van der Waals surface area contributed by atoms with Crippen molar-refractivity contribution < 1.29 is 4.74 Å². The van der Waals surface area contributed by atoms with E-state index in [1.54, 1.807) is 0 Å². The topological polar surface area (TPSA) is 9.23 Å². The SMILES string of the molecule is CCOCCC(C)C(C)C. The number of hydrogen-bond donors (Lipinski definition) is 0. The van der Waals surface area contributed by atoms with Crippen LogP contribution in [0, 0.1) is 11.8 Å². The van der Waals surface area contributed by atoms with Crippen LogP contribution in [-0.2, 0) is 4.74 Å². The molecule has 0 aromatic carbocycles. The van der Waals surface area contributed by atoms with Crippen LogP contribution in [-0.4, -0.2) is 13.2 Å². The minimum Gasteiger partial charge on any atom is -0.382 e. The van der Waals surface area contributed by atoms with E-state index in [0.717, 1.165) is 25.0 Å². The van der Waals surface area contributed by atoms with Crippen LogP contribution in [0.5, 0.6) is 0 Å². The van der Waals surface area contributed by atoms with Gasteiger partial charge in [0.1, 0.15) is 0 Å². The van der Waals surface area contributed by atoms with Crippen LogP contribution >= 0.6 is 0 Å². The Labute approximate surface area is 64.8 Å². The van der Waals surface area contributed by atoms with Gasteiger partial charge in [-0.3, -0.25) is 0 Å². The lowest BCUT2D eigenvalue weighted by molar-refractivity contribution is 0.127. The summed E-state index contributed by atoms with van der Waals surface area (Å²) >= 11 is 0. The van der Waals surface area contributed by atoms with Gasteiger partial charge in [-0.15, -0.1) is 0 Å². The van der Waals surface area contributed by atoms with E-state index in [2.05, 4.69) is 20.8 Å². The molecule has 0 radical (unpaired) electrons. The van der Waals surface area contributed by atoms with Gasteiger partial charge in [0.2, 0.25) is 0 Å². The lowest BCUT2D eigenvalue weighted by Gasteiger charge is -2.14. The molecular formula is C9H20O. The number of ether oxygens (including phenoxy) is 1. The van der Waals surface area contributed by atoms with E-state index in [9.17, 15) is 0 Å². The van der Waals surface area contributed by atoms with Gasteiger partial charge in [0.25, 0.3) is 0 Å². The molecule has 0 fully saturated rings. The first-order chi connectivity index (χ1) is 4.68. The summed E-state index contributed by atoms with van der Waals surface area (Å²) in [6.45, 7) is 10.6. The van der Waals surface area contributed by atoms with Crippen molar-refractivity contribution in [3.05, 3.63) is 0 Å². The van der Waals surface area contributed by atoms with Crippen molar-refractivity contribution in [1.82, 2.24) is 0 Å². The average molecular weight is 144 g/mol. The molecular weight excluding hydrogens is 124 g/mol. The number of rotatable bonds is 5. The van der Waals surface area contributed by atoms with Crippen LogP contribution in [0.15, 0.2) is 0 Å². The first kappa shape index (κ1) is 9.96. The van der Waals surface area contributed by atoms with E-state index in [1.807, 2.05) is 6.92 Å². The molecule has 0 aliphatic heterocycles. The van der Waals surface area contributed by atoms with E-state index in [0.29, 0.717) is 0 Å². The summed E-state index contributed by atoms with van der Waals surface area (Å²) in [5.41, 5.74) is 0. The smallest absolute Gasteiger partial charge is 0.0468 e. The molecule has 0 spiro atoms. The van der Waals surface area contributed by atoms with Crippen molar-refractivity contribution in [2.45, 2.75) is 34.1 Å². The standard InChI is InChI=1S/C9H20O/c1-5-10-7-6-9(4)8(2)3/h8-9H,5-7H2,1-4H3. The lowest BCUT2D eigenvalue weighted by atomic mass is 9.95. The van der Waals surface area contributed by atoms with Crippen molar-refractivity contribution in [3.8, 4) is 0 Å². The lowest BCUT2D eigenvalue weighted by Crippen LogP contribution is -2.07. The Morgan fingerprint density at radius 2 is 1.80 bits per heavy atom. The fraction of sp³-hybridized carbons (Fsp3) is 1.00. The third kappa shape index (κ3) is 4.80. The van der Waals surface area contributed by atoms with E-state index in [1.165, 1.54) is 6.42 Å². The van der Waals surface area contributed by atoms with Crippen molar-refractivity contribution >= 4 is 0 Å². The van der Waals surface area contributed by atoms with Gasteiger partial charge in [0.05, 0.1) is 0 Å². The molecule has 0 saturated carbocycles. The second kappa shape index (κ2) is 5.72. The van der Waals surface area contributed by atoms with Crippen LogP contribution in [0.4, 0.5) is 0 Å². The maximum Gasteiger partial charge on any atom is 0.0468 e. The largest absolute Gasteiger partial charge is 0.382 e. The monoisotopic (exact) mass is 144 g/mol. The third-order valence-electron chi connectivity index (χ3n) is 2.06. The molecule has 0 saturated heterocycles. The molecule has 0 N–H and O–H groups in total. The number of hydrogen-bond acceptors (Lipinski definition) is 1. The Balaban J connectivity index is 3.13. The Hall–Kier alpha value is -0.0400. The van der Waals surface area contributed by atoms with Crippen LogP contribution in [0.2, 0.25) is 0 Å². The van der Waals surface area contributed by atoms with Crippen LogP contribution < -0.4 is 0 Å². The summed E-state index contributed by atoms with van der Waals surface area (Å²) in [5, 5.41) is 0. The predicted octanol–water partition coefficient (Wildman–Crippen LogP) is 2.71. The summed E-state index contributed by atoms with van der Waals surface area (Å²) in [6, 6.07) is 0. The second-order valence-electron chi connectivity index (χ2n) is 3.21. The van der Waals surface area contributed by atoms with Crippen LogP contribution in [0.3, 0.4) is 0 Å². The maximum atomic E-state index is 5.25. The zero-order valence-electron chi connectivity index (χ0n) is 7.68. The zero-order chi connectivity index (χ0) is 7.98. The van der Waals surface area contributed by atoms with Crippen LogP contribution in [0.1, 0.15) is 34.1 Å². The molecule has 0 rings (SSSR count). The first-order valence-corrected chi connectivity index (χ1v) is 4.26. The van der Waals surface area contributed by atoms with Gasteiger partial charge < -0.3 is 4.74 Å². The molecule has 1 atom stereocenters. The van der Waals surface area contributed by atoms with Gasteiger partial charge in [0.15, 0.2) is 0 Å². The first-order valence-electron chi connectivity index (χ1n) is 4.26. The van der Waals surface area contributed by atoms with Crippen molar-refractivity contribution in [3.63, 3.8) is 0 Å². The highest BCUT2D eigenvalue weighted by Gasteiger charge is 2.05. The maximum absolute atomic E-state index is 5.25. The highest BCUT2D eigenvalue weighted by atomic mass is 16.5. The van der Waals surface area contributed by atoms with Gasteiger partial charge in [-0.05, 0) is 25.2 Å². The molecule has 0 aliphatic rings. The van der Waals surface area contributed by atoms with Crippen molar-refractivity contribution in [1.29, 1.82) is 0 Å². The molecule has 1 unspecified atom stereocenters. The summed E-state index contributed by atoms with van der Waals surface area (Å²) < 4.78 is 5.25. The Bertz CT molecular complexity index is 69.1. The highest BCUT2D eigenvalue weighted by Crippen LogP contribution is 2.13. The van der Waals surface area contributed by atoms with Gasteiger partial charge in [0, 0.05) is 13.2 Å². The Morgan fingerprint density at radius 3 is 2.20 bits per heavy atom. The van der Waals surface area contributed by atoms with E-state index in [-0.39, 0.29) is 0 Å². The molecule has 1 nitrogen and oxygen atoms in total. The van der Waals surface area contributed by atoms with Gasteiger partial charge in [-0.2, -0.15) is 0 Å². The van der Waals surface area contributed by atoms with Gasteiger partial charge in [-0.25, -0.2) is 0 Å². The molecule has 62 valence electrons. The summed E-state index contributed by atoms with van der Waals surface area (Å²) in [6.07, 6.45) is 1.20. The zero-order valence-corrected chi connectivity index (χ0v) is 7.68. The normalized spacial score (nSPS) is 14.1. The minimum absolute atomic E-state index is 0.792. The summed E-state index contributed by atoms with van der Waals surface area (Å²) in [7, 11) is 0. The Morgan fingerprint density at radius 1 is 1.20 bits per heavy atom. The molecule has 0 aliphatic carbocycles. The molecule has 0 amide bonds. The van der Waals surface area contributed by atoms with Gasteiger partial charge in [-0.1, -0.05) is 20.8 Å². The summed E-state index contributed by atoms with van der Waals surface area (Å²) in [5.74, 6) is 1.59. The highest BCUT2D eigenvalue weighted by molar-refractivity contribution is 4.55.